The van der Waals surface area contributed by atoms with Crippen LogP contribution in [0.1, 0.15) is 18.4 Å². The number of aryl methyl sites for hydroxylation is 1. The van der Waals surface area contributed by atoms with Gasteiger partial charge in [-0.05, 0) is 87.1 Å². The number of amides is 2. The zero-order valence-electron chi connectivity index (χ0n) is 24.7. The van der Waals surface area contributed by atoms with Gasteiger partial charge < -0.3 is 19.4 Å². The van der Waals surface area contributed by atoms with Crippen molar-refractivity contribution in [1.82, 2.24) is 14.7 Å². The van der Waals surface area contributed by atoms with Gasteiger partial charge in [0.2, 0.25) is 5.91 Å². The lowest BCUT2D eigenvalue weighted by Crippen LogP contribution is -2.58. The Bertz CT molecular complexity index is 1520. The molecule has 3 aliphatic rings. The summed E-state index contributed by atoms with van der Waals surface area (Å²) in [7, 11) is 4.26. The zero-order chi connectivity index (χ0) is 29.5. The van der Waals surface area contributed by atoms with Crippen LogP contribution >= 0.6 is 11.6 Å². The van der Waals surface area contributed by atoms with Crippen molar-refractivity contribution in [1.29, 1.82) is 0 Å². The van der Waals surface area contributed by atoms with Crippen LogP contribution in [0, 0.1) is 12.8 Å². The number of likely N-dealkylation sites (tertiary alicyclic amines) is 2. The summed E-state index contributed by atoms with van der Waals surface area (Å²) in [4.78, 5) is 34.3. The van der Waals surface area contributed by atoms with Crippen LogP contribution in [0.4, 0.5) is 5.69 Å². The molecule has 3 aromatic rings. The van der Waals surface area contributed by atoms with Crippen molar-refractivity contribution in [2.45, 2.75) is 31.9 Å². The third-order valence-electron chi connectivity index (χ3n) is 9.04. The third-order valence-corrected chi connectivity index (χ3v) is 9.35. The second kappa shape index (κ2) is 11.7. The number of rotatable bonds is 7. The molecule has 3 heterocycles. The van der Waals surface area contributed by atoms with Gasteiger partial charge in [-0.3, -0.25) is 14.5 Å². The van der Waals surface area contributed by atoms with Gasteiger partial charge in [0.15, 0.2) is 6.10 Å². The number of piperidine rings is 1. The lowest BCUT2D eigenvalue weighted by atomic mass is 9.94. The van der Waals surface area contributed by atoms with Gasteiger partial charge in [0.25, 0.3) is 5.91 Å². The van der Waals surface area contributed by atoms with Crippen molar-refractivity contribution < 1.29 is 14.3 Å². The van der Waals surface area contributed by atoms with E-state index in [1.54, 1.807) is 4.90 Å². The van der Waals surface area contributed by atoms with Gasteiger partial charge in [-0.1, -0.05) is 54.6 Å². The standard InChI is InChI=1S/C34H39ClN4O3/c1-5-33(40)38-18-23(19-38)20-39-30-17-29(35)28(27-15-22(2)14-24-8-6-7-9-26(24)27)16-31(30)42-32(34(39)41)21-37-12-10-25(11-13-37)36(3)4/h5-9,14-17,23,25,32H,1,10-13,18-21H2,2-4H3. The molecular formula is C34H39ClN4O3. The van der Waals surface area contributed by atoms with Crippen molar-refractivity contribution in [3.05, 3.63) is 71.8 Å². The molecule has 42 heavy (non-hydrogen) atoms. The summed E-state index contributed by atoms with van der Waals surface area (Å²) >= 11 is 6.99. The highest BCUT2D eigenvalue weighted by Crippen LogP contribution is 2.44. The van der Waals surface area contributed by atoms with Gasteiger partial charge >= 0.3 is 0 Å². The molecule has 0 aromatic heterocycles. The lowest BCUT2D eigenvalue weighted by molar-refractivity contribution is -0.132. The van der Waals surface area contributed by atoms with E-state index in [2.05, 4.69) is 61.7 Å². The molecular weight excluding hydrogens is 548 g/mol. The minimum absolute atomic E-state index is 0.0458. The average molecular weight is 587 g/mol. The molecule has 1 unspecified atom stereocenters. The number of nitrogens with zero attached hydrogens (tertiary/aromatic N) is 4. The number of anilines is 1. The molecule has 0 aliphatic carbocycles. The predicted octanol–water partition coefficient (Wildman–Crippen LogP) is 5.23. The molecule has 6 rings (SSSR count). The number of hydrogen-bond donors (Lipinski definition) is 0. The van der Waals surface area contributed by atoms with E-state index in [4.69, 9.17) is 16.3 Å². The van der Waals surface area contributed by atoms with Crippen LogP contribution in [0.5, 0.6) is 5.75 Å². The summed E-state index contributed by atoms with van der Waals surface area (Å²) in [5, 5.41) is 2.85. The molecule has 1 atom stereocenters. The van der Waals surface area contributed by atoms with Crippen molar-refractivity contribution in [3.63, 3.8) is 0 Å². The molecule has 0 N–H and O–H groups in total. The summed E-state index contributed by atoms with van der Waals surface area (Å²) in [6.07, 6.45) is 2.88. The molecule has 0 spiro atoms. The summed E-state index contributed by atoms with van der Waals surface area (Å²) in [5.74, 6) is 0.734. The minimum Gasteiger partial charge on any atom is -0.477 e. The van der Waals surface area contributed by atoms with Crippen LogP contribution in [0.25, 0.3) is 21.9 Å². The highest BCUT2D eigenvalue weighted by Gasteiger charge is 2.40. The molecule has 3 aromatic carbocycles. The van der Waals surface area contributed by atoms with Crippen LogP contribution < -0.4 is 9.64 Å². The number of benzene rings is 3. The normalized spacial score (nSPS) is 20.0. The van der Waals surface area contributed by atoms with E-state index >= 15 is 0 Å². The van der Waals surface area contributed by atoms with Gasteiger partial charge in [0.05, 0.1) is 10.7 Å². The monoisotopic (exact) mass is 586 g/mol. The summed E-state index contributed by atoms with van der Waals surface area (Å²) in [6, 6.07) is 17.1. The maximum absolute atomic E-state index is 14.0. The summed E-state index contributed by atoms with van der Waals surface area (Å²) < 4.78 is 6.54. The first-order chi connectivity index (χ1) is 20.2. The molecule has 7 nitrogen and oxygen atoms in total. The number of hydrogen-bond acceptors (Lipinski definition) is 5. The SMILES string of the molecule is C=CC(=O)N1CC(CN2C(=O)C(CN3CCC(N(C)C)CC3)Oc3cc(-c4cc(C)cc5ccccc45)c(Cl)cc32)C1. The topological polar surface area (TPSA) is 56.3 Å². The van der Waals surface area contributed by atoms with Gasteiger partial charge in [-0.15, -0.1) is 0 Å². The molecule has 0 saturated carbocycles. The van der Waals surface area contributed by atoms with Crippen molar-refractivity contribution in [2.24, 2.45) is 5.92 Å². The van der Waals surface area contributed by atoms with E-state index in [-0.39, 0.29) is 17.7 Å². The first kappa shape index (κ1) is 28.7. The van der Waals surface area contributed by atoms with E-state index in [0.717, 1.165) is 53.4 Å². The number of carbonyl (C=O) groups excluding carboxylic acids is 2. The maximum atomic E-state index is 14.0. The molecule has 0 bridgehead atoms. The van der Waals surface area contributed by atoms with Crippen LogP contribution in [-0.4, -0.2) is 92.0 Å². The predicted molar refractivity (Wildman–Crippen MR) is 169 cm³/mol. The second-order valence-electron chi connectivity index (χ2n) is 12.2. The quantitative estimate of drug-likeness (QED) is 0.355. The Morgan fingerprint density at radius 3 is 2.52 bits per heavy atom. The Morgan fingerprint density at radius 1 is 1.07 bits per heavy atom. The van der Waals surface area contributed by atoms with E-state index in [1.165, 1.54) is 6.08 Å². The molecule has 2 fully saturated rings. The molecule has 2 amide bonds. The zero-order valence-corrected chi connectivity index (χ0v) is 25.4. The average Bonchev–Trinajstić information content (AvgIpc) is 2.95. The Morgan fingerprint density at radius 2 is 1.81 bits per heavy atom. The number of fused-ring (bicyclic) bond motifs is 2. The Kier molecular flexibility index (Phi) is 8.01. The molecule has 2 saturated heterocycles. The fraction of sp³-hybridized carbons (Fsp3) is 0.412. The Hall–Kier alpha value is -3.39. The van der Waals surface area contributed by atoms with E-state index in [0.29, 0.717) is 48.7 Å². The largest absolute Gasteiger partial charge is 0.477 e. The third kappa shape index (κ3) is 5.53. The highest BCUT2D eigenvalue weighted by atomic mass is 35.5. The lowest BCUT2D eigenvalue weighted by Gasteiger charge is -2.44. The van der Waals surface area contributed by atoms with Crippen LogP contribution in [0.2, 0.25) is 5.02 Å². The fourth-order valence-electron chi connectivity index (χ4n) is 6.64. The summed E-state index contributed by atoms with van der Waals surface area (Å²) in [6.45, 7) is 9.83. The van der Waals surface area contributed by atoms with Gasteiger partial charge in [0.1, 0.15) is 5.75 Å². The van der Waals surface area contributed by atoms with Crippen LogP contribution in [0.3, 0.4) is 0 Å². The van der Waals surface area contributed by atoms with Crippen molar-refractivity contribution in [3.8, 4) is 16.9 Å². The highest BCUT2D eigenvalue weighted by molar-refractivity contribution is 6.34. The Labute approximate surface area is 253 Å². The van der Waals surface area contributed by atoms with E-state index in [9.17, 15) is 9.59 Å². The van der Waals surface area contributed by atoms with Crippen LogP contribution in [-0.2, 0) is 9.59 Å². The van der Waals surface area contributed by atoms with E-state index in [1.807, 2.05) is 29.2 Å². The molecule has 0 radical (unpaired) electrons. The van der Waals surface area contributed by atoms with Crippen molar-refractivity contribution >= 4 is 39.9 Å². The van der Waals surface area contributed by atoms with Crippen LogP contribution in [0.15, 0.2) is 61.2 Å². The van der Waals surface area contributed by atoms with Gasteiger partial charge in [0, 0.05) is 43.7 Å². The first-order valence-corrected chi connectivity index (χ1v) is 15.2. The number of halogens is 1. The van der Waals surface area contributed by atoms with Gasteiger partial charge in [-0.2, -0.15) is 0 Å². The van der Waals surface area contributed by atoms with E-state index < -0.39 is 6.10 Å². The molecule has 3 aliphatic heterocycles. The first-order valence-electron chi connectivity index (χ1n) is 14.8. The Balaban J connectivity index is 1.33. The minimum atomic E-state index is -0.609. The van der Waals surface area contributed by atoms with Crippen molar-refractivity contribution in [2.75, 3.05) is 58.3 Å². The summed E-state index contributed by atoms with van der Waals surface area (Å²) in [5.41, 5.74) is 3.78. The second-order valence-corrected chi connectivity index (χ2v) is 12.6. The fourth-order valence-corrected chi connectivity index (χ4v) is 6.90. The number of carbonyl (C=O) groups is 2. The molecule has 220 valence electrons. The smallest absolute Gasteiger partial charge is 0.269 e. The molecule has 8 heteroatoms. The maximum Gasteiger partial charge on any atom is 0.269 e. The number of ether oxygens (including phenoxy) is 1. The van der Waals surface area contributed by atoms with Gasteiger partial charge in [-0.25, -0.2) is 0 Å².